The maximum atomic E-state index is 14.0. The van der Waals surface area contributed by atoms with Crippen LogP contribution in [0.1, 0.15) is 41.4 Å². The zero-order valence-corrected chi connectivity index (χ0v) is 17.1. The molecule has 31 heavy (non-hydrogen) atoms. The Morgan fingerprint density at radius 3 is 2.52 bits per heavy atom. The number of benzene rings is 2. The standard InChI is InChI=1S/C24H22N2O5/c1-2-12-25-17-10-5-4-9-16(17)24(23(25)30)19-20(28)15-8-3-6-11-18(15)31-21(19)22(29)26(24)13-7-14-27/h3-6,8-11,27H,2,7,12-14H2,1H3. The fraction of sp³-hybridized carbons (Fsp3) is 0.292. The van der Waals surface area contributed by atoms with E-state index in [4.69, 9.17) is 4.42 Å². The quantitative estimate of drug-likeness (QED) is 0.688. The van der Waals surface area contributed by atoms with Gasteiger partial charge in [-0.25, -0.2) is 0 Å². The van der Waals surface area contributed by atoms with Crippen molar-refractivity contribution in [3.8, 4) is 0 Å². The van der Waals surface area contributed by atoms with Crippen molar-refractivity contribution < 1.29 is 19.1 Å². The molecule has 2 aliphatic heterocycles. The second kappa shape index (κ2) is 7.06. The van der Waals surface area contributed by atoms with E-state index in [9.17, 15) is 19.5 Å². The van der Waals surface area contributed by atoms with Crippen molar-refractivity contribution >= 4 is 28.5 Å². The molecule has 2 amide bonds. The number of anilines is 1. The van der Waals surface area contributed by atoms with Gasteiger partial charge in [0, 0.05) is 25.3 Å². The highest BCUT2D eigenvalue weighted by Gasteiger charge is 2.64. The van der Waals surface area contributed by atoms with Crippen molar-refractivity contribution in [1.29, 1.82) is 0 Å². The average Bonchev–Trinajstić information content (AvgIpc) is 3.18. The topological polar surface area (TPSA) is 91.1 Å². The predicted octanol–water partition coefficient (Wildman–Crippen LogP) is 2.63. The van der Waals surface area contributed by atoms with E-state index >= 15 is 0 Å². The maximum Gasteiger partial charge on any atom is 0.291 e. The van der Waals surface area contributed by atoms with Crippen LogP contribution < -0.4 is 10.3 Å². The van der Waals surface area contributed by atoms with Gasteiger partial charge in [0.1, 0.15) is 5.58 Å². The number of aliphatic hydroxyl groups is 1. The zero-order valence-electron chi connectivity index (χ0n) is 17.1. The Labute approximate surface area is 178 Å². The third-order valence-electron chi connectivity index (χ3n) is 6.13. The Balaban J connectivity index is 1.89. The highest BCUT2D eigenvalue weighted by Crippen LogP contribution is 2.52. The number of carbonyl (C=O) groups excluding carboxylic acids is 2. The summed E-state index contributed by atoms with van der Waals surface area (Å²) >= 11 is 0. The monoisotopic (exact) mass is 418 g/mol. The Kier molecular flexibility index (Phi) is 4.44. The molecule has 158 valence electrons. The van der Waals surface area contributed by atoms with E-state index in [1.165, 1.54) is 4.90 Å². The predicted molar refractivity (Wildman–Crippen MR) is 115 cm³/mol. The van der Waals surface area contributed by atoms with Crippen LogP contribution in [0.15, 0.2) is 57.7 Å². The molecule has 1 atom stereocenters. The van der Waals surface area contributed by atoms with Crippen molar-refractivity contribution in [3.05, 3.63) is 75.6 Å². The lowest BCUT2D eigenvalue weighted by molar-refractivity contribution is -0.126. The van der Waals surface area contributed by atoms with Crippen LogP contribution in [-0.2, 0) is 10.3 Å². The number of carbonyl (C=O) groups is 2. The summed E-state index contributed by atoms with van der Waals surface area (Å²) in [6, 6.07) is 14.0. The molecule has 0 saturated carbocycles. The SMILES string of the molecule is CCCN1C(=O)C2(c3ccccc31)c1c(oc3ccccc3c1=O)C(=O)N2CCCO. The third kappa shape index (κ3) is 2.41. The van der Waals surface area contributed by atoms with E-state index in [1.807, 2.05) is 19.1 Å². The van der Waals surface area contributed by atoms with Gasteiger partial charge >= 0.3 is 0 Å². The summed E-state index contributed by atoms with van der Waals surface area (Å²) in [6.45, 7) is 2.41. The molecule has 3 aromatic rings. The van der Waals surface area contributed by atoms with Crippen molar-refractivity contribution in [2.24, 2.45) is 0 Å². The molecule has 1 spiro atoms. The molecule has 0 bridgehead atoms. The summed E-state index contributed by atoms with van der Waals surface area (Å²) in [5, 5.41) is 9.78. The Hall–Kier alpha value is -3.45. The van der Waals surface area contributed by atoms with Crippen molar-refractivity contribution in [3.63, 3.8) is 0 Å². The summed E-state index contributed by atoms with van der Waals surface area (Å²) in [5.74, 6) is -0.931. The van der Waals surface area contributed by atoms with Gasteiger partial charge in [-0.3, -0.25) is 14.4 Å². The molecule has 0 saturated heterocycles. The molecular weight excluding hydrogens is 396 g/mol. The number of rotatable bonds is 5. The minimum absolute atomic E-state index is 0.0743. The Morgan fingerprint density at radius 2 is 1.74 bits per heavy atom. The normalized spacial score (nSPS) is 19.5. The fourth-order valence-electron chi connectivity index (χ4n) is 4.91. The van der Waals surface area contributed by atoms with Crippen LogP contribution in [0, 0.1) is 0 Å². The number of fused-ring (bicyclic) bond motifs is 5. The second-order valence-corrected chi connectivity index (χ2v) is 7.85. The number of aliphatic hydroxyl groups excluding tert-OH is 1. The van der Waals surface area contributed by atoms with Gasteiger partial charge in [-0.15, -0.1) is 0 Å². The molecule has 0 radical (unpaired) electrons. The van der Waals surface area contributed by atoms with Crippen LogP contribution in [0.3, 0.4) is 0 Å². The lowest BCUT2D eigenvalue weighted by atomic mass is 9.84. The van der Waals surface area contributed by atoms with Gasteiger partial charge in [0.05, 0.1) is 16.6 Å². The molecule has 7 nitrogen and oxygen atoms in total. The van der Waals surface area contributed by atoms with Gasteiger partial charge in [0.15, 0.2) is 11.0 Å². The van der Waals surface area contributed by atoms with E-state index in [0.717, 1.165) is 6.42 Å². The molecule has 0 fully saturated rings. The highest BCUT2D eigenvalue weighted by atomic mass is 16.3. The van der Waals surface area contributed by atoms with Crippen molar-refractivity contribution in [1.82, 2.24) is 4.90 Å². The minimum Gasteiger partial charge on any atom is -0.450 e. The van der Waals surface area contributed by atoms with Crippen LogP contribution in [-0.4, -0.2) is 41.5 Å². The van der Waals surface area contributed by atoms with Crippen LogP contribution >= 0.6 is 0 Å². The van der Waals surface area contributed by atoms with E-state index in [0.29, 0.717) is 28.8 Å². The van der Waals surface area contributed by atoms with E-state index < -0.39 is 11.4 Å². The molecule has 5 rings (SSSR count). The van der Waals surface area contributed by atoms with Crippen molar-refractivity contribution in [2.45, 2.75) is 25.3 Å². The van der Waals surface area contributed by atoms with E-state index in [-0.39, 0.29) is 42.2 Å². The van der Waals surface area contributed by atoms with Gasteiger partial charge in [0.25, 0.3) is 11.8 Å². The van der Waals surface area contributed by atoms with Gasteiger partial charge in [-0.2, -0.15) is 0 Å². The molecule has 0 aliphatic carbocycles. The molecule has 1 N–H and O–H groups in total. The smallest absolute Gasteiger partial charge is 0.291 e. The molecule has 1 aromatic heterocycles. The highest BCUT2D eigenvalue weighted by molar-refractivity contribution is 6.17. The van der Waals surface area contributed by atoms with E-state index in [1.54, 1.807) is 41.3 Å². The molecular formula is C24H22N2O5. The van der Waals surface area contributed by atoms with Crippen LogP contribution in [0.2, 0.25) is 0 Å². The number of hydrogen-bond acceptors (Lipinski definition) is 5. The first kappa shape index (κ1) is 19.5. The van der Waals surface area contributed by atoms with Gasteiger partial charge in [-0.1, -0.05) is 37.3 Å². The number of hydrogen-bond donors (Lipinski definition) is 1. The van der Waals surface area contributed by atoms with Crippen molar-refractivity contribution in [2.75, 3.05) is 24.6 Å². The largest absolute Gasteiger partial charge is 0.450 e. The average molecular weight is 418 g/mol. The number of nitrogens with zero attached hydrogens (tertiary/aromatic N) is 2. The first-order chi connectivity index (χ1) is 15.1. The second-order valence-electron chi connectivity index (χ2n) is 7.85. The molecule has 2 aliphatic rings. The maximum absolute atomic E-state index is 14.0. The third-order valence-corrected chi connectivity index (χ3v) is 6.13. The lowest BCUT2D eigenvalue weighted by Crippen LogP contribution is -2.53. The summed E-state index contributed by atoms with van der Waals surface area (Å²) < 4.78 is 5.93. The lowest BCUT2D eigenvalue weighted by Gasteiger charge is -2.34. The van der Waals surface area contributed by atoms with Crippen LogP contribution in [0.25, 0.3) is 11.0 Å². The fourth-order valence-corrected chi connectivity index (χ4v) is 4.91. The minimum atomic E-state index is -1.59. The first-order valence-corrected chi connectivity index (χ1v) is 10.5. The molecule has 2 aromatic carbocycles. The van der Waals surface area contributed by atoms with Crippen LogP contribution in [0.4, 0.5) is 5.69 Å². The van der Waals surface area contributed by atoms with Gasteiger partial charge < -0.3 is 19.3 Å². The number of amides is 2. The summed E-state index contributed by atoms with van der Waals surface area (Å²) in [7, 11) is 0. The molecule has 3 heterocycles. The van der Waals surface area contributed by atoms with Crippen LogP contribution in [0.5, 0.6) is 0 Å². The number of para-hydroxylation sites is 2. The van der Waals surface area contributed by atoms with Gasteiger partial charge in [-0.05, 0) is 31.0 Å². The Morgan fingerprint density at radius 1 is 1.00 bits per heavy atom. The summed E-state index contributed by atoms with van der Waals surface area (Å²) in [4.78, 5) is 44.3. The first-order valence-electron chi connectivity index (χ1n) is 10.5. The zero-order chi connectivity index (χ0) is 21.8. The summed E-state index contributed by atoms with van der Waals surface area (Å²) in [5.41, 5.74) is -0.290. The summed E-state index contributed by atoms with van der Waals surface area (Å²) in [6.07, 6.45) is 0.998. The molecule has 1 unspecified atom stereocenters. The Bertz CT molecular complexity index is 1280. The van der Waals surface area contributed by atoms with E-state index in [2.05, 4.69) is 0 Å². The molecule has 7 heteroatoms. The van der Waals surface area contributed by atoms with Gasteiger partial charge in [0.2, 0.25) is 5.76 Å².